The van der Waals surface area contributed by atoms with Crippen LogP contribution in [0.4, 0.5) is 8.78 Å². The van der Waals surface area contributed by atoms with Crippen molar-refractivity contribution >= 4 is 0 Å². The zero-order valence-corrected chi connectivity index (χ0v) is 7.04. The third kappa shape index (κ3) is 1.59. The molecule has 0 spiro atoms. The standard InChI is InChI=1S/C10H5F2N2/c11-7-3-5-13-9(6-7)8-2-1-4-14-10(8)12/h1,3-6H. The van der Waals surface area contributed by atoms with E-state index in [-0.39, 0.29) is 11.3 Å². The lowest BCUT2D eigenvalue weighted by Crippen LogP contribution is -1.91. The molecule has 1 radical (unpaired) electrons. The van der Waals surface area contributed by atoms with Crippen LogP contribution in [0, 0.1) is 17.8 Å². The highest BCUT2D eigenvalue weighted by molar-refractivity contribution is 5.57. The number of pyridine rings is 2. The number of hydrogen-bond donors (Lipinski definition) is 0. The Balaban J connectivity index is 2.55. The molecule has 0 atom stereocenters. The summed E-state index contributed by atoms with van der Waals surface area (Å²) in [7, 11) is 0. The van der Waals surface area contributed by atoms with Crippen LogP contribution < -0.4 is 0 Å². The molecule has 0 saturated heterocycles. The van der Waals surface area contributed by atoms with Crippen molar-refractivity contribution in [1.82, 2.24) is 9.97 Å². The molecule has 14 heavy (non-hydrogen) atoms. The molecule has 0 unspecified atom stereocenters. The second-order valence-corrected chi connectivity index (χ2v) is 2.61. The lowest BCUT2D eigenvalue weighted by Gasteiger charge is -1.99. The molecule has 2 heterocycles. The molecule has 0 aliphatic carbocycles. The molecule has 2 rings (SSSR count). The van der Waals surface area contributed by atoms with Crippen LogP contribution >= 0.6 is 0 Å². The van der Waals surface area contributed by atoms with E-state index in [1.165, 1.54) is 24.5 Å². The Morgan fingerprint density at radius 1 is 1.14 bits per heavy atom. The first kappa shape index (κ1) is 8.74. The van der Waals surface area contributed by atoms with E-state index in [0.29, 0.717) is 0 Å². The van der Waals surface area contributed by atoms with Crippen molar-refractivity contribution in [2.45, 2.75) is 0 Å². The van der Waals surface area contributed by atoms with Crippen molar-refractivity contribution in [3.05, 3.63) is 48.4 Å². The zero-order chi connectivity index (χ0) is 9.97. The molecule has 2 aromatic heterocycles. The van der Waals surface area contributed by atoms with Crippen LogP contribution in [-0.4, -0.2) is 9.97 Å². The minimum Gasteiger partial charge on any atom is -0.256 e. The number of halogens is 2. The minimum absolute atomic E-state index is 0.0759. The number of rotatable bonds is 1. The normalized spacial score (nSPS) is 10.1. The first-order chi connectivity index (χ1) is 6.77. The van der Waals surface area contributed by atoms with Gasteiger partial charge in [-0.3, -0.25) is 4.98 Å². The monoisotopic (exact) mass is 191 g/mol. The van der Waals surface area contributed by atoms with E-state index in [4.69, 9.17) is 0 Å². The zero-order valence-electron chi connectivity index (χ0n) is 7.04. The van der Waals surface area contributed by atoms with Crippen molar-refractivity contribution in [2.24, 2.45) is 0 Å². The predicted molar refractivity (Wildman–Crippen MR) is 46.2 cm³/mol. The molecular weight excluding hydrogens is 186 g/mol. The van der Waals surface area contributed by atoms with E-state index in [9.17, 15) is 8.78 Å². The topological polar surface area (TPSA) is 25.8 Å². The highest BCUT2D eigenvalue weighted by Gasteiger charge is 2.07. The first-order valence-corrected chi connectivity index (χ1v) is 3.91. The molecule has 2 nitrogen and oxygen atoms in total. The van der Waals surface area contributed by atoms with E-state index < -0.39 is 11.8 Å². The maximum Gasteiger partial charge on any atom is 0.222 e. The highest BCUT2D eigenvalue weighted by atomic mass is 19.1. The van der Waals surface area contributed by atoms with Gasteiger partial charge < -0.3 is 0 Å². The van der Waals surface area contributed by atoms with Crippen LogP contribution in [0.2, 0.25) is 0 Å². The highest BCUT2D eigenvalue weighted by Crippen LogP contribution is 2.18. The Morgan fingerprint density at radius 3 is 2.71 bits per heavy atom. The number of nitrogens with zero attached hydrogens (tertiary/aromatic N) is 2. The second-order valence-electron chi connectivity index (χ2n) is 2.61. The van der Waals surface area contributed by atoms with Crippen LogP contribution in [0.1, 0.15) is 0 Å². The summed E-state index contributed by atoms with van der Waals surface area (Å²) < 4.78 is 25.9. The van der Waals surface area contributed by atoms with Crippen LogP contribution in [0.5, 0.6) is 0 Å². The molecule has 0 amide bonds. The van der Waals surface area contributed by atoms with Gasteiger partial charge in [0.05, 0.1) is 11.3 Å². The Hall–Kier alpha value is -1.84. The molecule has 0 saturated carbocycles. The third-order valence-corrected chi connectivity index (χ3v) is 1.67. The van der Waals surface area contributed by atoms with Gasteiger partial charge in [-0.15, -0.1) is 0 Å². The maximum absolute atomic E-state index is 13.1. The summed E-state index contributed by atoms with van der Waals surface area (Å²) in [5.41, 5.74) is 0.266. The van der Waals surface area contributed by atoms with Gasteiger partial charge in [-0.1, -0.05) is 0 Å². The van der Waals surface area contributed by atoms with Gasteiger partial charge in [0.25, 0.3) is 0 Å². The van der Waals surface area contributed by atoms with Crippen LogP contribution in [0.25, 0.3) is 11.3 Å². The van der Waals surface area contributed by atoms with Crippen molar-refractivity contribution in [1.29, 1.82) is 0 Å². The van der Waals surface area contributed by atoms with Gasteiger partial charge in [-0.2, -0.15) is 4.39 Å². The van der Waals surface area contributed by atoms with E-state index >= 15 is 0 Å². The smallest absolute Gasteiger partial charge is 0.222 e. The fourth-order valence-corrected chi connectivity index (χ4v) is 1.07. The van der Waals surface area contributed by atoms with Gasteiger partial charge in [0.2, 0.25) is 5.95 Å². The molecule has 0 aliphatic heterocycles. The number of hydrogen-bond acceptors (Lipinski definition) is 2. The molecule has 0 bridgehead atoms. The molecule has 0 aliphatic rings. The fraction of sp³-hybridized carbons (Fsp3) is 0. The van der Waals surface area contributed by atoms with Crippen molar-refractivity contribution < 1.29 is 8.78 Å². The molecule has 0 N–H and O–H groups in total. The van der Waals surface area contributed by atoms with Gasteiger partial charge in [-0.25, -0.2) is 9.37 Å². The van der Waals surface area contributed by atoms with Crippen LogP contribution in [0.3, 0.4) is 0 Å². The van der Waals surface area contributed by atoms with Crippen molar-refractivity contribution in [3.63, 3.8) is 0 Å². The minimum atomic E-state index is -0.703. The number of aromatic nitrogens is 2. The van der Waals surface area contributed by atoms with Gasteiger partial charge in [-0.05, 0) is 18.2 Å². The molecule has 0 aromatic carbocycles. The van der Waals surface area contributed by atoms with Gasteiger partial charge in [0.15, 0.2) is 0 Å². The molecule has 4 heteroatoms. The summed E-state index contributed by atoms with van der Waals surface area (Å²) in [6, 6.07) is 6.39. The molecule has 2 aromatic rings. The van der Waals surface area contributed by atoms with Crippen molar-refractivity contribution in [2.75, 3.05) is 0 Å². The lowest BCUT2D eigenvalue weighted by molar-refractivity contribution is 0.586. The SMILES string of the molecule is Fc1ccnc(-c2[c]ccnc2F)c1. The average Bonchev–Trinajstić information content (AvgIpc) is 2.18. The fourth-order valence-electron chi connectivity index (χ4n) is 1.07. The summed E-state index contributed by atoms with van der Waals surface area (Å²) in [6.45, 7) is 0. The summed E-state index contributed by atoms with van der Waals surface area (Å²) in [5.74, 6) is -1.17. The molecular formula is C10H5F2N2. The lowest BCUT2D eigenvalue weighted by atomic mass is 10.2. The van der Waals surface area contributed by atoms with Gasteiger partial charge >= 0.3 is 0 Å². The Morgan fingerprint density at radius 2 is 2.00 bits per heavy atom. The molecule has 0 fully saturated rings. The third-order valence-electron chi connectivity index (χ3n) is 1.67. The largest absolute Gasteiger partial charge is 0.256 e. The van der Waals surface area contributed by atoms with E-state index in [0.717, 1.165) is 6.07 Å². The Labute approximate surface area is 79.3 Å². The van der Waals surface area contributed by atoms with Gasteiger partial charge in [0, 0.05) is 18.5 Å². The summed E-state index contributed by atoms with van der Waals surface area (Å²) in [5, 5.41) is 0. The van der Waals surface area contributed by atoms with Crippen LogP contribution in [-0.2, 0) is 0 Å². The van der Waals surface area contributed by atoms with Crippen LogP contribution in [0.15, 0.2) is 30.6 Å². The van der Waals surface area contributed by atoms with Crippen molar-refractivity contribution in [3.8, 4) is 11.3 Å². The van der Waals surface area contributed by atoms with E-state index in [1.807, 2.05) is 0 Å². The maximum atomic E-state index is 13.1. The van der Waals surface area contributed by atoms with E-state index in [1.54, 1.807) is 0 Å². The summed E-state index contributed by atoms with van der Waals surface area (Å²) in [6.07, 6.45) is 2.54. The Kier molecular flexibility index (Phi) is 2.18. The van der Waals surface area contributed by atoms with E-state index in [2.05, 4.69) is 16.0 Å². The summed E-state index contributed by atoms with van der Waals surface area (Å²) in [4.78, 5) is 7.24. The second kappa shape index (κ2) is 3.49. The first-order valence-electron chi connectivity index (χ1n) is 3.91. The quantitative estimate of drug-likeness (QED) is 0.646. The predicted octanol–water partition coefficient (Wildman–Crippen LogP) is 2.22. The summed E-state index contributed by atoms with van der Waals surface area (Å²) >= 11 is 0. The average molecular weight is 191 g/mol. The molecule has 69 valence electrons. The van der Waals surface area contributed by atoms with Gasteiger partial charge in [0.1, 0.15) is 5.82 Å². The Bertz CT molecular complexity index is 457.